The summed E-state index contributed by atoms with van der Waals surface area (Å²) in [6.07, 6.45) is 1.64. The van der Waals surface area contributed by atoms with E-state index in [0.717, 1.165) is 12.2 Å². The SMILES string of the molecule is C=CC(=O)OCCC(=O)O.C=CC(=O)OCCC(=O)O.[Mg]. The third-order valence-electron chi connectivity index (χ3n) is 1.45. The average Bonchev–Trinajstić information content (AvgIpc) is 2.38. The Morgan fingerprint density at radius 2 is 1.10 bits per heavy atom. The van der Waals surface area contributed by atoms with Gasteiger partial charge >= 0.3 is 23.9 Å². The second-order valence-corrected chi connectivity index (χ2v) is 3.03. The van der Waals surface area contributed by atoms with E-state index in [2.05, 4.69) is 22.6 Å². The third kappa shape index (κ3) is 23.6. The van der Waals surface area contributed by atoms with Crippen LogP contribution < -0.4 is 0 Å². The summed E-state index contributed by atoms with van der Waals surface area (Å²) in [6.45, 7) is 6.08. The standard InChI is InChI=1S/2C6H8O4.Mg/c2*1-2-6(9)10-4-3-5(7)8;/h2*2H,1,3-4H2,(H,7,8);. The van der Waals surface area contributed by atoms with Crippen LogP contribution in [0.2, 0.25) is 0 Å². The summed E-state index contributed by atoms with van der Waals surface area (Å²) < 4.78 is 8.73. The number of hydrogen-bond donors (Lipinski definition) is 2. The molecule has 0 rings (SSSR count). The summed E-state index contributed by atoms with van der Waals surface area (Å²) in [5.74, 6) is -3.17. The van der Waals surface area contributed by atoms with E-state index in [1.54, 1.807) is 0 Å². The van der Waals surface area contributed by atoms with Crippen LogP contribution >= 0.6 is 0 Å². The van der Waals surface area contributed by atoms with E-state index in [4.69, 9.17) is 10.2 Å². The molecule has 2 radical (unpaired) electrons. The molecule has 0 amide bonds. The van der Waals surface area contributed by atoms with Gasteiger partial charge in [-0.1, -0.05) is 13.2 Å². The molecule has 9 heteroatoms. The van der Waals surface area contributed by atoms with Crippen molar-refractivity contribution in [1.82, 2.24) is 0 Å². The first kappa shape index (κ1) is 24.2. The van der Waals surface area contributed by atoms with Crippen molar-refractivity contribution in [2.45, 2.75) is 12.8 Å². The second-order valence-electron chi connectivity index (χ2n) is 3.03. The normalized spacial score (nSPS) is 8.00. The van der Waals surface area contributed by atoms with Gasteiger partial charge in [-0.05, 0) is 0 Å². The highest BCUT2D eigenvalue weighted by molar-refractivity contribution is 5.81. The van der Waals surface area contributed by atoms with Gasteiger partial charge in [-0.25, -0.2) is 9.59 Å². The lowest BCUT2D eigenvalue weighted by Crippen LogP contribution is -2.06. The molecule has 0 bridgehead atoms. The van der Waals surface area contributed by atoms with Crippen LogP contribution in [-0.4, -0.2) is 70.4 Å². The van der Waals surface area contributed by atoms with Crippen molar-refractivity contribution < 1.29 is 38.9 Å². The zero-order valence-corrected chi connectivity index (χ0v) is 12.9. The van der Waals surface area contributed by atoms with E-state index in [1.807, 2.05) is 0 Å². The summed E-state index contributed by atoms with van der Waals surface area (Å²) in [5, 5.41) is 16.2. The van der Waals surface area contributed by atoms with Crippen molar-refractivity contribution in [3.8, 4) is 0 Å². The molecule has 0 aromatic rings. The number of esters is 2. The Labute approximate surface area is 137 Å². The van der Waals surface area contributed by atoms with Crippen molar-refractivity contribution in [2.24, 2.45) is 0 Å². The average molecular weight is 313 g/mol. The molecule has 0 saturated heterocycles. The van der Waals surface area contributed by atoms with Crippen LogP contribution in [0.15, 0.2) is 25.3 Å². The van der Waals surface area contributed by atoms with Crippen molar-refractivity contribution >= 4 is 46.9 Å². The summed E-state index contributed by atoms with van der Waals surface area (Å²) >= 11 is 0. The zero-order valence-electron chi connectivity index (χ0n) is 11.4. The van der Waals surface area contributed by atoms with Crippen LogP contribution in [0.25, 0.3) is 0 Å². The molecule has 0 fully saturated rings. The van der Waals surface area contributed by atoms with Crippen molar-refractivity contribution in [1.29, 1.82) is 0 Å². The molecular formula is C12H16MgO8. The summed E-state index contributed by atoms with van der Waals surface area (Å²) in [4.78, 5) is 40.2. The molecule has 0 saturated carbocycles. The van der Waals surface area contributed by atoms with Gasteiger partial charge in [0.2, 0.25) is 0 Å². The van der Waals surface area contributed by atoms with Gasteiger partial charge in [-0.3, -0.25) is 9.59 Å². The maximum atomic E-state index is 10.3. The number of carbonyl (C=O) groups excluding carboxylic acids is 2. The Kier molecular flexibility index (Phi) is 18.6. The number of carbonyl (C=O) groups is 4. The fourth-order valence-electron chi connectivity index (χ4n) is 0.596. The molecule has 0 aliphatic heterocycles. The quantitative estimate of drug-likeness (QED) is 0.364. The molecule has 0 spiro atoms. The van der Waals surface area contributed by atoms with Gasteiger partial charge in [0.05, 0.1) is 12.8 Å². The van der Waals surface area contributed by atoms with E-state index >= 15 is 0 Å². The highest BCUT2D eigenvalue weighted by Gasteiger charge is 1.99. The first-order valence-corrected chi connectivity index (χ1v) is 5.35. The third-order valence-corrected chi connectivity index (χ3v) is 1.45. The van der Waals surface area contributed by atoms with Crippen LogP contribution in [0.1, 0.15) is 12.8 Å². The van der Waals surface area contributed by atoms with Crippen LogP contribution in [0.4, 0.5) is 0 Å². The van der Waals surface area contributed by atoms with E-state index in [1.165, 1.54) is 0 Å². The van der Waals surface area contributed by atoms with Gasteiger partial charge in [-0.2, -0.15) is 0 Å². The predicted molar refractivity (Wildman–Crippen MR) is 72.6 cm³/mol. The van der Waals surface area contributed by atoms with Crippen LogP contribution in [0.3, 0.4) is 0 Å². The number of carboxylic acids is 2. The van der Waals surface area contributed by atoms with Crippen LogP contribution in [0, 0.1) is 0 Å². The van der Waals surface area contributed by atoms with E-state index in [9.17, 15) is 19.2 Å². The Morgan fingerprint density at radius 3 is 1.29 bits per heavy atom. The lowest BCUT2D eigenvalue weighted by atomic mass is 10.5. The smallest absolute Gasteiger partial charge is 0.330 e. The Morgan fingerprint density at radius 1 is 0.810 bits per heavy atom. The summed E-state index contributed by atoms with van der Waals surface area (Å²) in [6, 6.07) is 0. The van der Waals surface area contributed by atoms with Gasteiger partial charge in [0, 0.05) is 35.2 Å². The molecule has 21 heavy (non-hydrogen) atoms. The molecule has 8 nitrogen and oxygen atoms in total. The van der Waals surface area contributed by atoms with E-state index in [-0.39, 0.29) is 49.1 Å². The molecule has 0 aromatic carbocycles. The largest absolute Gasteiger partial charge is 0.481 e. The lowest BCUT2D eigenvalue weighted by molar-refractivity contribution is -0.144. The minimum absolute atomic E-state index is 0. The summed E-state index contributed by atoms with van der Waals surface area (Å²) in [7, 11) is 0. The maximum absolute atomic E-state index is 10.3. The molecule has 0 heterocycles. The fraction of sp³-hybridized carbons (Fsp3) is 0.333. The second kappa shape index (κ2) is 16.2. The summed E-state index contributed by atoms with van der Waals surface area (Å²) in [5.41, 5.74) is 0. The highest BCUT2D eigenvalue weighted by Crippen LogP contribution is 1.84. The molecule has 0 atom stereocenters. The highest BCUT2D eigenvalue weighted by atomic mass is 24.3. The topological polar surface area (TPSA) is 127 Å². The van der Waals surface area contributed by atoms with Crippen molar-refractivity contribution in [3.05, 3.63) is 25.3 Å². The number of aliphatic carboxylic acids is 2. The predicted octanol–water partition coefficient (Wildman–Crippen LogP) is -0.000200. The van der Waals surface area contributed by atoms with Gasteiger partial charge in [0.15, 0.2) is 0 Å². The number of carboxylic acid groups (broad SMARTS) is 2. The first-order valence-electron chi connectivity index (χ1n) is 5.35. The van der Waals surface area contributed by atoms with E-state index in [0.29, 0.717) is 0 Å². The zero-order chi connectivity index (χ0) is 16.0. The number of hydrogen-bond acceptors (Lipinski definition) is 6. The monoisotopic (exact) mass is 312 g/mol. The molecule has 0 aliphatic rings. The molecule has 0 aliphatic carbocycles. The minimum atomic E-state index is -0.989. The Bertz CT molecular complexity index is 341. The van der Waals surface area contributed by atoms with Gasteiger partial charge in [-0.15, -0.1) is 0 Å². The van der Waals surface area contributed by atoms with Crippen LogP contribution in [0.5, 0.6) is 0 Å². The lowest BCUT2D eigenvalue weighted by Gasteiger charge is -1.96. The fourth-order valence-corrected chi connectivity index (χ4v) is 0.596. The minimum Gasteiger partial charge on any atom is -0.481 e. The van der Waals surface area contributed by atoms with Crippen LogP contribution in [-0.2, 0) is 28.7 Å². The van der Waals surface area contributed by atoms with E-state index < -0.39 is 23.9 Å². The first-order chi connectivity index (χ1) is 9.33. The Balaban J connectivity index is -0.000000295. The van der Waals surface area contributed by atoms with Crippen molar-refractivity contribution in [2.75, 3.05) is 13.2 Å². The molecular weight excluding hydrogens is 296 g/mol. The van der Waals surface area contributed by atoms with Gasteiger partial charge < -0.3 is 19.7 Å². The molecule has 0 unspecified atom stereocenters. The van der Waals surface area contributed by atoms with Gasteiger partial charge in [0.25, 0.3) is 0 Å². The molecule has 2 N–H and O–H groups in total. The number of ether oxygens (including phenoxy) is 2. The van der Waals surface area contributed by atoms with Gasteiger partial charge in [0.1, 0.15) is 13.2 Å². The molecule has 0 aromatic heterocycles. The maximum Gasteiger partial charge on any atom is 0.330 e. The molecule has 114 valence electrons. The Hall–Kier alpha value is -1.87. The number of rotatable bonds is 8. The van der Waals surface area contributed by atoms with Crippen molar-refractivity contribution in [3.63, 3.8) is 0 Å².